The van der Waals surface area contributed by atoms with Crippen molar-refractivity contribution >= 4 is 57.7 Å². The molecule has 3 aromatic rings. The van der Waals surface area contributed by atoms with E-state index in [1.807, 2.05) is 4.90 Å². The number of pyridine rings is 1. The smallest absolute Gasteiger partial charge is 0.294 e. The van der Waals surface area contributed by atoms with E-state index in [1.54, 1.807) is 49.3 Å². The Morgan fingerprint density at radius 2 is 1.71 bits per heavy atom. The Morgan fingerprint density at radius 3 is 2.37 bits per heavy atom. The maximum atomic E-state index is 13.5. The minimum atomic E-state index is -0.582. The van der Waals surface area contributed by atoms with E-state index in [1.165, 1.54) is 6.20 Å². The predicted molar refractivity (Wildman–Crippen MR) is 156 cm³/mol. The highest BCUT2D eigenvalue weighted by Gasteiger charge is 2.32. The number of anilines is 2. The number of halogens is 1. The molecule has 1 aliphatic heterocycles. The molecule has 0 radical (unpaired) electrons. The van der Waals surface area contributed by atoms with E-state index in [2.05, 4.69) is 15.6 Å². The van der Waals surface area contributed by atoms with Crippen LogP contribution in [0.4, 0.5) is 11.5 Å². The number of rotatable bonds is 7. The van der Waals surface area contributed by atoms with Crippen molar-refractivity contribution < 1.29 is 23.6 Å². The lowest BCUT2D eigenvalue weighted by Crippen LogP contribution is -2.35. The Morgan fingerprint density at radius 1 is 1.00 bits per heavy atom. The van der Waals surface area contributed by atoms with Crippen molar-refractivity contribution in [3.8, 4) is 0 Å². The van der Waals surface area contributed by atoms with Gasteiger partial charge in [0, 0.05) is 50.6 Å². The topological polar surface area (TPSA) is 125 Å². The molecule has 0 spiro atoms. The Bertz CT molecular complexity index is 1450. The van der Waals surface area contributed by atoms with Gasteiger partial charge in [0.1, 0.15) is 17.1 Å². The SMILES string of the molecule is CN(C)C(=O)[C@H]1CC[C@H](C(=O)Nc2c(C(=O)Nc3ccc(Cl)cn3)oc3ccc(CC(=O)N4CCCC4)cc23)CC1. The maximum absolute atomic E-state index is 13.5. The fraction of sp³-hybridized carbons (Fsp3) is 0.433. The molecule has 3 heterocycles. The minimum Gasteiger partial charge on any atom is -0.449 e. The summed E-state index contributed by atoms with van der Waals surface area (Å²) in [6, 6.07) is 8.49. The zero-order chi connectivity index (χ0) is 29.1. The number of benzene rings is 1. The van der Waals surface area contributed by atoms with E-state index in [0.29, 0.717) is 41.7 Å². The molecule has 1 aromatic carbocycles. The number of carbonyl (C=O) groups excluding carboxylic acids is 4. The van der Waals surface area contributed by atoms with Crippen LogP contribution in [0.25, 0.3) is 11.0 Å². The molecule has 0 unspecified atom stereocenters. The molecule has 216 valence electrons. The molecular weight excluding hydrogens is 546 g/mol. The normalized spacial score (nSPS) is 18.8. The van der Waals surface area contributed by atoms with Gasteiger partial charge in [-0.15, -0.1) is 0 Å². The summed E-state index contributed by atoms with van der Waals surface area (Å²) in [4.78, 5) is 59.5. The molecule has 10 nitrogen and oxygen atoms in total. The summed E-state index contributed by atoms with van der Waals surface area (Å²) in [6.07, 6.45) is 6.03. The number of amides is 4. The van der Waals surface area contributed by atoms with Gasteiger partial charge in [0.05, 0.1) is 11.4 Å². The Hall–Kier alpha value is -3.92. The molecule has 5 rings (SSSR count). The number of hydrogen-bond donors (Lipinski definition) is 2. The monoisotopic (exact) mass is 579 g/mol. The molecule has 0 atom stereocenters. The number of furan rings is 1. The fourth-order valence-corrected chi connectivity index (χ4v) is 5.72. The fourth-order valence-electron chi connectivity index (χ4n) is 5.61. The lowest BCUT2D eigenvalue weighted by molar-refractivity contribution is -0.135. The first-order valence-electron chi connectivity index (χ1n) is 14.0. The van der Waals surface area contributed by atoms with Crippen LogP contribution in [-0.2, 0) is 20.8 Å². The number of carbonyl (C=O) groups is 4. The van der Waals surface area contributed by atoms with Crippen LogP contribution < -0.4 is 10.6 Å². The first kappa shape index (κ1) is 28.6. The zero-order valence-corrected chi connectivity index (χ0v) is 24.0. The summed E-state index contributed by atoms with van der Waals surface area (Å²) < 4.78 is 5.95. The van der Waals surface area contributed by atoms with Crippen LogP contribution in [0.2, 0.25) is 5.02 Å². The molecule has 4 amide bonds. The van der Waals surface area contributed by atoms with Gasteiger partial charge in [-0.25, -0.2) is 4.98 Å². The van der Waals surface area contributed by atoms with Crippen molar-refractivity contribution in [2.24, 2.45) is 11.8 Å². The van der Waals surface area contributed by atoms with Gasteiger partial charge in [-0.3, -0.25) is 19.2 Å². The van der Waals surface area contributed by atoms with Crippen molar-refractivity contribution in [3.05, 3.63) is 52.9 Å². The third-order valence-corrected chi connectivity index (χ3v) is 8.10. The molecule has 41 heavy (non-hydrogen) atoms. The molecule has 2 N–H and O–H groups in total. The van der Waals surface area contributed by atoms with Crippen LogP contribution in [0.1, 0.15) is 54.6 Å². The summed E-state index contributed by atoms with van der Waals surface area (Å²) in [5, 5.41) is 6.62. The second kappa shape index (κ2) is 12.3. The van der Waals surface area contributed by atoms with Gasteiger partial charge in [-0.2, -0.15) is 0 Å². The van der Waals surface area contributed by atoms with Crippen LogP contribution in [0, 0.1) is 11.8 Å². The second-order valence-electron chi connectivity index (χ2n) is 11.0. The summed E-state index contributed by atoms with van der Waals surface area (Å²) in [7, 11) is 3.48. The molecule has 1 saturated carbocycles. The van der Waals surface area contributed by atoms with E-state index in [0.717, 1.165) is 31.5 Å². The molecule has 11 heteroatoms. The largest absolute Gasteiger partial charge is 0.449 e. The summed E-state index contributed by atoms with van der Waals surface area (Å²) in [5.41, 5.74) is 1.42. The zero-order valence-electron chi connectivity index (χ0n) is 23.2. The van der Waals surface area contributed by atoms with E-state index < -0.39 is 5.91 Å². The summed E-state index contributed by atoms with van der Waals surface area (Å²) in [6.45, 7) is 1.53. The van der Waals surface area contributed by atoms with Crippen LogP contribution in [-0.4, -0.2) is 65.6 Å². The second-order valence-corrected chi connectivity index (χ2v) is 11.4. The van der Waals surface area contributed by atoms with Crippen molar-refractivity contribution in [2.45, 2.75) is 44.9 Å². The third-order valence-electron chi connectivity index (χ3n) is 7.88. The Labute approximate surface area is 243 Å². The molecule has 2 aliphatic rings. The van der Waals surface area contributed by atoms with Crippen molar-refractivity contribution in [1.82, 2.24) is 14.8 Å². The quantitative estimate of drug-likeness (QED) is 0.417. The maximum Gasteiger partial charge on any atom is 0.294 e. The Kier molecular flexibility index (Phi) is 8.58. The van der Waals surface area contributed by atoms with E-state index in [9.17, 15) is 19.2 Å². The Balaban J connectivity index is 1.40. The number of nitrogens with one attached hydrogen (secondary N) is 2. The molecule has 2 fully saturated rings. The van der Waals surface area contributed by atoms with Crippen molar-refractivity contribution in [2.75, 3.05) is 37.8 Å². The highest BCUT2D eigenvalue weighted by atomic mass is 35.5. The van der Waals surface area contributed by atoms with Gasteiger partial charge in [-0.1, -0.05) is 17.7 Å². The van der Waals surface area contributed by atoms with Gasteiger partial charge in [0.2, 0.25) is 23.5 Å². The van der Waals surface area contributed by atoms with Crippen LogP contribution in [0.5, 0.6) is 0 Å². The first-order chi connectivity index (χ1) is 19.7. The molecule has 0 bridgehead atoms. The first-order valence-corrected chi connectivity index (χ1v) is 14.4. The predicted octanol–water partition coefficient (Wildman–Crippen LogP) is 4.73. The van der Waals surface area contributed by atoms with E-state index in [4.69, 9.17) is 16.0 Å². The molecule has 2 aromatic heterocycles. The highest BCUT2D eigenvalue weighted by Crippen LogP contribution is 2.35. The lowest BCUT2D eigenvalue weighted by Gasteiger charge is -2.28. The summed E-state index contributed by atoms with van der Waals surface area (Å²) >= 11 is 5.92. The number of fused-ring (bicyclic) bond motifs is 1. The molecule has 1 saturated heterocycles. The molecular formula is C30H34ClN5O5. The highest BCUT2D eigenvalue weighted by molar-refractivity contribution is 6.30. The van der Waals surface area contributed by atoms with Gasteiger partial charge in [-0.05, 0) is 68.4 Å². The van der Waals surface area contributed by atoms with Crippen LogP contribution >= 0.6 is 11.6 Å². The van der Waals surface area contributed by atoms with Crippen LogP contribution in [0.3, 0.4) is 0 Å². The lowest BCUT2D eigenvalue weighted by atomic mass is 9.81. The van der Waals surface area contributed by atoms with Gasteiger partial charge in [0.25, 0.3) is 5.91 Å². The van der Waals surface area contributed by atoms with Crippen LogP contribution in [0.15, 0.2) is 40.9 Å². The number of aromatic nitrogens is 1. The molecule has 1 aliphatic carbocycles. The van der Waals surface area contributed by atoms with Crippen molar-refractivity contribution in [1.29, 1.82) is 0 Å². The van der Waals surface area contributed by atoms with Gasteiger partial charge >= 0.3 is 0 Å². The number of nitrogens with zero attached hydrogens (tertiary/aromatic N) is 3. The third kappa shape index (κ3) is 6.53. The van der Waals surface area contributed by atoms with Crippen molar-refractivity contribution in [3.63, 3.8) is 0 Å². The van der Waals surface area contributed by atoms with Gasteiger partial charge in [0.15, 0.2) is 0 Å². The average Bonchev–Trinajstić information content (AvgIpc) is 3.63. The number of likely N-dealkylation sites (tertiary alicyclic amines) is 1. The van der Waals surface area contributed by atoms with Gasteiger partial charge < -0.3 is 24.9 Å². The van der Waals surface area contributed by atoms with E-state index >= 15 is 0 Å². The number of hydrogen-bond acceptors (Lipinski definition) is 6. The minimum absolute atomic E-state index is 0.0479. The average molecular weight is 580 g/mol. The standard InChI is InChI=1S/C30H34ClN5O5/c1-35(2)30(40)20-8-6-19(7-9-20)28(38)34-26-22-15-18(16-25(37)36-13-3-4-14-36)5-11-23(22)41-27(26)29(39)33-24-12-10-21(31)17-32-24/h5,10-12,15,17,19-20H,3-4,6-9,13-14,16H2,1-2H3,(H,34,38)(H,32,33,39)/t19-,20-. The van der Waals surface area contributed by atoms with E-state index in [-0.39, 0.29) is 53.2 Å². The summed E-state index contributed by atoms with van der Waals surface area (Å²) in [5.74, 6) is -0.876.